The van der Waals surface area contributed by atoms with E-state index >= 15 is 0 Å². The Morgan fingerprint density at radius 2 is 1.59 bits per heavy atom. The molecule has 0 spiro atoms. The number of rotatable bonds is 13. The highest BCUT2D eigenvalue weighted by Crippen LogP contribution is 2.19. The molecule has 1 N–H and O–H groups in total. The first-order valence-electron chi connectivity index (χ1n) is 8.93. The van der Waals surface area contributed by atoms with Crippen molar-refractivity contribution in [3.8, 4) is 0 Å². The van der Waals surface area contributed by atoms with Crippen LogP contribution in [0.5, 0.6) is 0 Å². The van der Waals surface area contributed by atoms with Gasteiger partial charge < -0.3 is 9.52 Å². The average molecular weight is 308 g/mol. The number of carbonyl (C=O) groups is 1. The predicted molar refractivity (Wildman–Crippen MR) is 90.3 cm³/mol. The lowest BCUT2D eigenvalue weighted by Gasteiger charge is -2.01. The topological polar surface area (TPSA) is 50.4 Å². The molecule has 1 rings (SSSR count). The van der Waals surface area contributed by atoms with Crippen LogP contribution in [0, 0.1) is 6.92 Å². The number of carboxylic acid groups (broad SMARTS) is 1. The third-order valence-electron chi connectivity index (χ3n) is 4.11. The van der Waals surface area contributed by atoms with E-state index < -0.39 is 5.97 Å². The fraction of sp³-hybridized carbons (Fsp3) is 0.737. The molecule has 0 radical (unpaired) electrons. The zero-order chi connectivity index (χ0) is 16.2. The third-order valence-corrected chi connectivity index (χ3v) is 4.11. The zero-order valence-electron chi connectivity index (χ0n) is 14.3. The molecule has 0 unspecified atom stereocenters. The summed E-state index contributed by atoms with van der Waals surface area (Å²) in [6.07, 6.45) is 12.9. The highest BCUT2D eigenvalue weighted by molar-refractivity contribution is 5.66. The first-order valence-corrected chi connectivity index (χ1v) is 8.93. The summed E-state index contributed by atoms with van der Waals surface area (Å²) in [6.45, 7) is 4.33. The number of aryl methyl sites for hydroxylation is 3. The van der Waals surface area contributed by atoms with E-state index in [1.165, 1.54) is 49.8 Å². The van der Waals surface area contributed by atoms with Crippen molar-refractivity contribution in [3.63, 3.8) is 0 Å². The van der Waals surface area contributed by atoms with E-state index in [1.54, 1.807) is 0 Å². The van der Waals surface area contributed by atoms with Crippen LogP contribution in [0.15, 0.2) is 10.5 Å². The van der Waals surface area contributed by atoms with Crippen molar-refractivity contribution in [3.05, 3.63) is 23.2 Å². The number of hydrogen-bond donors (Lipinski definition) is 1. The number of hydrogen-bond acceptors (Lipinski definition) is 2. The van der Waals surface area contributed by atoms with Gasteiger partial charge in [-0.25, -0.2) is 0 Å². The minimum Gasteiger partial charge on any atom is -0.481 e. The molecule has 0 aliphatic rings. The normalized spacial score (nSPS) is 11.0. The molecule has 0 atom stereocenters. The van der Waals surface area contributed by atoms with Crippen LogP contribution in [0.1, 0.15) is 88.2 Å². The van der Waals surface area contributed by atoms with Gasteiger partial charge in [-0.15, -0.1) is 0 Å². The summed E-state index contributed by atoms with van der Waals surface area (Å²) in [6, 6.07) is 2.20. The van der Waals surface area contributed by atoms with Gasteiger partial charge in [0, 0.05) is 19.3 Å². The van der Waals surface area contributed by atoms with Gasteiger partial charge in [0.25, 0.3) is 0 Å². The van der Waals surface area contributed by atoms with E-state index in [0.29, 0.717) is 6.42 Å². The largest absolute Gasteiger partial charge is 0.481 e. The van der Waals surface area contributed by atoms with Crippen LogP contribution in [0.2, 0.25) is 0 Å². The molecule has 1 aromatic heterocycles. The maximum atomic E-state index is 10.4. The highest BCUT2D eigenvalue weighted by Gasteiger charge is 2.06. The fourth-order valence-corrected chi connectivity index (χ4v) is 2.82. The number of aliphatic carboxylic acids is 1. The standard InChI is InChI=1S/C19H32O3/c1-3-12-18-16(2)15-17(22-18)13-10-8-6-4-5-7-9-11-14-19(20)21/h15H,3-14H2,1-2H3,(H,20,21). The van der Waals surface area contributed by atoms with Gasteiger partial charge >= 0.3 is 5.97 Å². The first-order chi connectivity index (χ1) is 10.6. The van der Waals surface area contributed by atoms with Crippen LogP contribution in [0.25, 0.3) is 0 Å². The fourth-order valence-electron chi connectivity index (χ4n) is 2.82. The van der Waals surface area contributed by atoms with E-state index in [9.17, 15) is 4.79 Å². The molecular formula is C19H32O3. The number of unbranched alkanes of at least 4 members (excludes halogenated alkanes) is 7. The second kappa shape index (κ2) is 11.3. The van der Waals surface area contributed by atoms with E-state index in [4.69, 9.17) is 9.52 Å². The minimum atomic E-state index is -0.671. The summed E-state index contributed by atoms with van der Waals surface area (Å²) in [5.74, 6) is 1.64. The van der Waals surface area contributed by atoms with Gasteiger partial charge in [-0.3, -0.25) is 4.79 Å². The van der Waals surface area contributed by atoms with E-state index in [-0.39, 0.29) is 0 Å². The smallest absolute Gasteiger partial charge is 0.303 e. The molecule has 126 valence electrons. The summed E-state index contributed by atoms with van der Waals surface area (Å²) in [7, 11) is 0. The Kier molecular flexibility index (Phi) is 9.69. The Morgan fingerprint density at radius 3 is 2.18 bits per heavy atom. The molecule has 0 aromatic carbocycles. The molecule has 0 bridgehead atoms. The van der Waals surface area contributed by atoms with Crippen LogP contribution in [0.3, 0.4) is 0 Å². The van der Waals surface area contributed by atoms with Crippen LogP contribution >= 0.6 is 0 Å². The van der Waals surface area contributed by atoms with E-state index in [1.807, 2.05) is 0 Å². The van der Waals surface area contributed by atoms with Crippen LogP contribution in [-0.2, 0) is 17.6 Å². The van der Waals surface area contributed by atoms with Gasteiger partial charge in [0.2, 0.25) is 0 Å². The Balaban J connectivity index is 1.97. The monoisotopic (exact) mass is 308 g/mol. The van der Waals surface area contributed by atoms with Crippen molar-refractivity contribution in [2.75, 3.05) is 0 Å². The van der Waals surface area contributed by atoms with Crippen molar-refractivity contribution in [2.24, 2.45) is 0 Å². The molecule has 0 aliphatic heterocycles. The summed E-state index contributed by atoms with van der Waals surface area (Å²) in [4.78, 5) is 10.4. The predicted octanol–water partition coefficient (Wildman–Crippen LogP) is 5.68. The Morgan fingerprint density at radius 1 is 1.00 bits per heavy atom. The minimum absolute atomic E-state index is 0.322. The lowest BCUT2D eigenvalue weighted by atomic mass is 10.1. The van der Waals surface area contributed by atoms with Crippen molar-refractivity contribution in [2.45, 2.75) is 90.9 Å². The molecule has 0 saturated carbocycles. The van der Waals surface area contributed by atoms with Gasteiger partial charge in [-0.1, -0.05) is 45.4 Å². The quantitative estimate of drug-likeness (QED) is 0.477. The molecule has 22 heavy (non-hydrogen) atoms. The Hall–Kier alpha value is -1.25. The van der Waals surface area contributed by atoms with Crippen LogP contribution < -0.4 is 0 Å². The van der Waals surface area contributed by atoms with E-state index in [0.717, 1.165) is 37.9 Å². The summed E-state index contributed by atoms with van der Waals surface area (Å²) in [5, 5.41) is 8.55. The summed E-state index contributed by atoms with van der Waals surface area (Å²) in [5.41, 5.74) is 1.30. The van der Waals surface area contributed by atoms with Crippen molar-refractivity contribution in [1.29, 1.82) is 0 Å². The molecule has 0 fully saturated rings. The van der Waals surface area contributed by atoms with Crippen LogP contribution in [0.4, 0.5) is 0 Å². The average Bonchev–Trinajstić information content (AvgIpc) is 2.81. The van der Waals surface area contributed by atoms with Gasteiger partial charge in [0.1, 0.15) is 11.5 Å². The number of carboxylic acids is 1. The molecule has 3 heteroatoms. The van der Waals surface area contributed by atoms with Gasteiger partial charge in [0.05, 0.1) is 0 Å². The van der Waals surface area contributed by atoms with Gasteiger partial charge in [0.15, 0.2) is 0 Å². The first kappa shape index (κ1) is 18.8. The summed E-state index contributed by atoms with van der Waals surface area (Å²) < 4.78 is 5.90. The van der Waals surface area contributed by atoms with Crippen LogP contribution in [-0.4, -0.2) is 11.1 Å². The molecular weight excluding hydrogens is 276 g/mol. The Labute approximate surface area is 135 Å². The third kappa shape index (κ3) is 8.26. The van der Waals surface area contributed by atoms with Gasteiger partial charge in [-0.05, 0) is 37.8 Å². The van der Waals surface area contributed by atoms with Crippen molar-refractivity contribution < 1.29 is 14.3 Å². The van der Waals surface area contributed by atoms with Crippen molar-refractivity contribution >= 4 is 5.97 Å². The molecule has 1 heterocycles. The Bertz CT molecular complexity index is 420. The lowest BCUT2D eigenvalue weighted by Crippen LogP contribution is -1.93. The second-order valence-corrected chi connectivity index (χ2v) is 6.29. The number of furan rings is 1. The maximum Gasteiger partial charge on any atom is 0.303 e. The molecule has 1 aromatic rings. The lowest BCUT2D eigenvalue weighted by molar-refractivity contribution is -0.137. The molecule has 0 aliphatic carbocycles. The molecule has 3 nitrogen and oxygen atoms in total. The van der Waals surface area contributed by atoms with E-state index in [2.05, 4.69) is 19.9 Å². The van der Waals surface area contributed by atoms with Crippen molar-refractivity contribution in [1.82, 2.24) is 0 Å². The SMILES string of the molecule is CCCc1oc(CCCCCCCCCCC(=O)O)cc1C. The summed E-state index contributed by atoms with van der Waals surface area (Å²) >= 11 is 0. The molecule has 0 amide bonds. The second-order valence-electron chi connectivity index (χ2n) is 6.29. The van der Waals surface area contributed by atoms with Gasteiger partial charge in [-0.2, -0.15) is 0 Å². The highest BCUT2D eigenvalue weighted by atomic mass is 16.4. The maximum absolute atomic E-state index is 10.4. The molecule has 0 saturated heterocycles. The zero-order valence-corrected chi connectivity index (χ0v) is 14.3.